The number of ether oxygens (including phenoxy) is 1. The molecule has 0 aliphatic carbocycles. The highest BCUT2D eigenvalue weighted by Crippen LogP contribution is 2.14. The largest absolute Gasteiger partial charge is 0.445 e. The third-order valence-corrected chi connectivity index (χ3v) is 5.01. The summed E-state index contributed by atoms with van der Waals surface area (Å²) in [6.07, 6.45) is -0.0966. The number of primary amides is 1. The van der Waals surface area contributed by atoms with Gasteiger partial charge in [0.25, 0.3) is 0 Å². The molecule has 0 aromatic heterocycles. The van der Waals surface area contributed by atoms with Crippen LogP contribution in [0.5, 0.6) is 0 Å². The molecule has 0 heterocycles. The normalized spacial score (nSPS) is 12.6. The third kappa shape index (κ3) is 8.80. The van der Waals surface area contributed by atoms with E-state index in [1.807, 2.05) is 68.4 Å². The first kappa shape index (κ1) is 24.4. The number of carbonyl (C=O) groups is 3. The maximum atomic E-state index is 12.9. The van der Waals surface area contributed by atoms with Crippen molar-refractivity contribution in [2.45, 2.75) is 45.4 Å². The Labute approximate surface area is 190 Å². The van der Waals surface area contributed by atoms with Crippen LogP contribution >= 0.6 is 15.9 Å². The Hall–Kier alpha value is -2.87. The van der Waals surface area contributed by atoms with Crippen molar-refractivity contribution in [2.75, 3.05) is 0 Å². The fraction of sp³-hybridized carbons (Fsp3) is 0.348. The Balaban J connectivity index is 2.10. The van der Waals surface area contributed by atoms with Gasteiger partial charge in [0.2, 0.25) is 11.8 Å². The maximum absolute atomic E-state index is 12.9. The van der Waals surface area contributed by atoms with Crippen molar-refractivity contribution in [3.63, 3.8) is 0 Å². The first-order chi connectivity index (χ1) is 14.7. The van der Waals surface area contributed by atoms with Gasteiger partial charge in [0.15, 0.2) is 0 Å². The van der Waals surface area contributed by atoms with E-state index >= 15 is 0 Å². The monoisotopic (exact) mass is 489 g/mol. The van der Waals surface area contributed by atoms with Crippen LogP contribution in [0.3, 0.4) is 0 Å². The summed E-state index contributed by atoms with van der Waals surface area (Å²) in [5, 5.41) is 5.28. The quantitative estimate of drug-likeness (QED) is 0.475. The molecule has 2 rings (SSSR count). The lowest BCUT2D eigenvalue weighted by molar-refractivity contribution is -0.128. The van der Waals surface area contributed by atoms with Crippen LogP contribution in [0.4, 0.5) is 4.79 Å². The predicted octanol–water partition coefficient (Wildman–Crippen LogP) is 3.30. The summed E-state index contributed by atoms with van der Waals surface area (Å²) in [5.41, 5.74) is 7.11. The summed E-state index contributed by atoms with van der Waals surface area (Å²) >= 11 is 3.40. The van der Waals surface area contributed by atoms with Gasteiger partial charge in [-0.25, -0.2) is 4.79 Å². The molecule has 0 spiro atoms. The number of rotatable bonds is 10. The summed E-state index contributed by atoms with van der Waals surface area (Å²) in [6.45, 7) is 3.94. The van der Waals surface area contributed by atoms with Crippen molar-refractivity contribution < 1.29 is 19.1 Å². The minimum atomic E-state index is -0.938. The average molecular weight is 490 g/mol. The zero-order valence-electron chi connectivity index (χ0n) is 17.6. The van der Waals surface area contributed by atoms with E-state index in [2.05, 4.69) is 26.6 Å². The lowest BCUT2D eigenvalue weighted by Gasteiger charge is -2.23. The van der Waals surface area contributed by atoms with Gasteiger partial charge in [-0.15, -0.1) is 0 Å². The van der Waals surface area contributed by atoms with Crippen LogP contribution in [0.1, 0.15) is 31.4 Å². The van der Waals surface area contributed by atoms with Crippen LogP contribution in [0.15, 0.2) is 59.1 Å². The minimum absolute atomic E-state index is 0.0785. The molecule has 0 aliphatic heterocycles. The van der Waals surface area contributed by atoms with Gasteiger partial charge in [-0.2, -0.15) is 0 Å². The highest BCUT2D eigenvalue weighted by molar-refractivity contribution is 9.10. The van der Waals surface area contributed by atoms with Crippen LogP contribution < -0.4 is 16.4 Å². The molecule has 0 saturated carbocycles. The molecule has 3 amide bonds. The standard InChI is InChI=1S/C23H28BrN3O4/c1-15(2)11-19(21(25)28)26-22(29)20(13-17-9-6-10-18(24)12-17)27-23(30)31-14-16-7-4-3-5-8-16/h3-10,12,15,19-20H,11,13-14H2,1-2H3,(H2,25,28)(H,26,29)(H,27,30)/t19-,20?/m0/s1. The van der Waals surface area contributed by atoms with Gasteiger partial charge in [-0.1, -0.05) is 72.2 Å². The third-order valence-electron chi connectivity index (χ3n) is 4.52. The Bertz CT molecular complexity index is 889. The summed E-state index contributed by atoms with van der Waals surface area (Å²) in [7, 11) is 0. The van der Waals surface area contributed by atoms with Crippen molar-refractivity contribution in [2.24, 2.45) is 11.7 Å². The first-order valence-corrected chi connectivity index (χ1v) is 10.8. The van der Waals surface area contributed by atoms with Crippen LogP contribution in [-0.2, 0) is 27.4 Å². The summed E-state index contributed by atoms with van der Waals surface area (Å²) in [5.74, 6) is -0.957. The molecule has 2 aromatic carbocycles. The zero-order chi connectivity index (χ0) is 22.8. The van der Waals surface area contributed by atoms with Crippen LogP contribution in [-0.4, -0.2) is 30.0 Å². The number of nitrogens with one attached hydrogen (secondary N) is 2. The Kier molecular flexibility index (Phi) is 9.52. The maximum Gasteiger partial charge on any atom is 0.408 e. The fourth-order valence-electron chi connectivity index (χ4n) is 3.01. The van der Waals surface area contributed by atoms with Crippen LogP contribution in [0.25, 0.3) is 0 Å². The summed E-state index contributed by atoms with van der Waals surface area (Å²) in [6, 6.07) is 14.9. The molecular formula is C23H28BrN3O4. The summed E-state index contributed by atoms with van der Waals surface area (Å²) < 4.78 is 6.11. The van der Waals surface area contributed by atoms with Crippen molar-refractivity contribution >= 4 is 33.8 Å². The molecule has 2 aromatic rings. The molecule has 1 unspecified atom stereocenters. The SMILES string of the molecule is CC(C)C[C@H](NC(=O)C(Cc1cccc(Br)c1)NC(=O)OCc1ccccc1)C(N)=O. The van der Waals surface area contributed by atoms with Crippen molar-refractivity contribution in [3.05, 3.63) is 70.2 Å². The van der Waals surface area contributed by atoms with Gasteiger partial charge >= 0.3 is 6.09 Å². The number of carbonyl (C=O) groups excluding carboxylic acids is 3. The predicted molar refractivity (Wildman–Crippen MR) is 122 cm³/mol. The van der Waals surface area contributed by atoms with E-state index in [1.165, 1.54) is 0 Å². The van der Waals surface area contributed by atoms with Crippen LogP contribution in [0, 0.1) is 5.92 Å². The van der Waals surface area contributed by atoms with E-state index in [0.29, 0.717) is 6.42 Å². The van der Waals surface area contributed by atoms with Gasteiger partial charge in [-0.3, -0.25) is 9.59 Å². The second kappa shape index (κ2) is 12.1. The molecule has 7 nitrogen and oxygen atoms in total. The van der Waals surface area contributed by atoms with Gasteiger partial charge < -0.3 is 21.1 Å². The summed E-state index contributed by atoms with van der Waals surface area (Å²) in [4.78, 5) is 37.1. The molecule has 31 heavy (non-hydrogen) atoms. The van der Waals surface area contributed by atoms with Crippen molar-refractivity contribution in [1.82, 2.24) is 10.6 Å². The molecule has 0 radical (unpaired) electrons. The minimum Gasteiger partial charge on any atom is -0.445 e. The van der Waals surface area contributed by atoms with E-state index < -0.39 is 30.0 Å². The number of alkyl carbamates (subject to hydrolysis) is 1. The number of hydrogen-bond acceptors (Lipinski definition) is 4. The molecule has 4 N–H and O–H groups in total. The fourth-order valence-corrected chi connectivity index (χ4v) is 3.45. The number of amides is 3. The topological polar surface area (TPSA) is 111 Å². The highest BCUT2D eigenvalue weighted by Gasteiger charge is 2.27. The van der Waals surface area contributed by atoms with Gasteiger partial charge in [0, 0.05) is 10.9 Å². The average Bonchev–Trinajstić information content (AvgIpc) is 2.71. The lowest BCUT2D eigenvalue weighted by Crippen LogP contribution is -2.54. The molecule has 8 heteroatoms. The molecule has 0 aliphatic rings. The first-order valence-electron chi connectivity index (χ1n) is 10.1. The Morgan fingerprint density at radius 1 is 0.968 bits per heavy atom. The Morgan fingerprint density at radius 3 is 2.26 bits per heavy atom. The van der Waals surface area contributed by atoms with Crippen LogP contribution in [0.2, 0.25) is 0 Å². The number of halogens is 1. The van der Waals surface area contributed by atoms with Gasteiger partial charge in [0.05, 0.1) is 0 Å². The van der Waals surface area contributed by atoms with Gasteiger partial charge in [-0.05, 0) is 35.6 Å². The molecule has 0 saturated heterocycles. The second-order valence-electron chi connectivity index (χ2n) is 7.69. The number of nitrogens with two attached hydrogens (primary N) is 1. The van der Waals surface area contributed by atoms with Crippen molar-refractivity contribution in [3.8, 4) is 0 Å². The molecular weight excluding hydrogens is 462 g/mol. The number of hydrogen-bond donors (Lipinski definition) is 3. The second-order valence-corrected chi connectivity index (χ2v) is 8.60. The molecule has 0 bridgehead atoms. The Morgan fingerprint density at radius 2 is 1.65 bits per heavy atom. The molecule has 0 fully saturated rings. The van der Waals surface area contributed by atoms with E-state index in [1.54, 1.807) is 0 Å². The van der Waals surface area contributed by atoms with Crippen molar-refractivity contribution in [1.29, 1.82) is 0 Å². The van der Waals surface area contributed by atoms with E-state index in [4.69, 9.17) is 10.5 Å². The zero-order valence-corrected chi connectivity index (χ0v) is 19.2. The van der Waals surface area contributed by atoms with E-state index in [9.17, 15) is 14.4 Å². The van der Waals surface area contributed by atoms with E-state index in [-0.39, 0.29) is 18.9 Å². The van der Waals surface area contributed by atoms with Gasteiger partial charge in [0.1, 0.15) is 18.7 Å². The van der Waals surface area contributed by atoms with E-state index in [0.717, 1.165) is 15.6 Å². The highest BCUT2D eigenvalue weighted by atomic mass is 79.9. The number of benzene rings is 2. The molecule has 2 atom stereocenters. The molecule has 166 valence electrons. The smallest absolute Gasteiger partial charge is 0.408 e. The lowest BCUT2D eigenvalue weighted by atomic mass is 10.0.